The van der Waals surface area contributed by atoms with Gasteiger partial charge in [-0.1, -0.05) is 0 Å². The monoisotopic (exact) mass is 308 g/mol. The van der Waals surface area contributed by atoms with Gasteiger partial charge in [0.25, 0.3) is 5.91 Å². The smallest absolute Gasteiger partial charge is 0.287 e. The summed E-state index contributed by atoms with van der Waals surface area (Å²) in [6, 6.07) is 5.14. The van der Waals surface area contributed by atoms with Crippen LogP contribution in [0.25, 0.3) is 11.1 Å². The molecule has 6 nitrogen and oxygen atoms in total. The van der Waals surface area contributed by atoms with E-state index < -0.39 is 21.3 Å². The summed E-state index contributed by atoms with van der Waals surface area (Å²) in [5.41, 5.74) is 1.25. The van der Waals surface area contributed by atoms with Crippen LogP contribution in [0, 0.1) is 6.92 Å². The average Bonchev–Trinajstić information content (AvgIpc) is 2.90. The van der Waals surface area contributed by atoms with Crippen LogP contribution in [0.4, 0.5) is 0 Å². The van der Waals surface area contributed by atoms with Gasteiger partial charge in [-0.2, -0.15) is 0 Å². The number of aromatic nitrogens is 1. The molecule has 1 amide bonds. The molecule has 0 saturated carbocycles. The Labute approximate surface area is 122 Å². The zero-order valence-corrected chi connectivity index (χ0v) is 12.7. The van der Waals surface area contributed by atoms with Crippen LogP contribution in [0.3, 0.4) is 0 Å². The second kappa shape index (κ2) is 4.56. The van der Waals surface area contributed by atoms with Crippen LogP contribution in [-0.2, 0) is 9.84 Å². The Bertz CT molecular complexity index is 825. The fourth-order valence-corrected chi connectivity index (χ4v) is 4.68. The molecule has 1 saturated heterocycles. The van der Waals surface area contributed by atoms with Crippen LogP contribution in [0.2, 0.25) is 0 Å². The van der Waals surface area contributed by atoms with Crippen molar-refractivity contribution in [3.8, 4) is 0 Å². The summed E-state index contributed by atoms with van der Waals surface area (Å²) < 4.78 is 28.6. The van der Waals surface area contributed by atoms with Gasteiger partial charge in [-0.25, -0.2) is 13.4 Å². The number of nitrogens with zero attached hydrogens (tertiary/aromatic N) is 1. The van der Waals surface area contributed by atoms with Gasteiger partial charge in [0, 0.05) is 11.8 Å². The Hall–Kier alpha value is -1.89. The normalized spacial score (nSPS) is 24.3. The van der Waals surface area contributed by atoms with Gasteiger partial charge in [0.1, 0.15) is 5.52 Å². The maximum Gasteiger partial charge on any atom is 0.287 e. The van der Waals surface area contributed by atoms with Gasteiger partial charge in [-0.05, 0) is 32.4 Å². The molecular formula is C14H16N2O4S. The lowest BCUT2D eigenvalue weighted by molar-refractivity contribution is 0.0889. The summed E-state index contributed by atoms with van der Waals surface area (Å²) in [6.45, 7) is 3.59. The van der Waals surface area contributed by atoms with Crippen LogP contribution in [0.5, 0.6) is 0 Å². The first-order valence-electron chi connectivity index (χ1n) is 6.67. The predicted octanol–water partition coefficient (Wildman–Crippen LogP) is 1.44. The van der Waals surface area contributed by atoms with E-state index in [1.165, 1.54) is 0 Å². The summed E-state index contributed by atoms with van der Waals surface area (Å²) in [5, 5.41) is 2.76. The zero-order chi connectivity index (χ0) is 15.3. The summed E-state index contributed by atoms with van der Waals surface area (Å²) in [5.74, 6) is -0.201. The quantitative estimate of drug-likeness (QED) is 0.907. The fourth-order valence-electron chi connectivity index (χ4n) is 2.58. The molecule has 3 rings (SSSR count). The van der Waals surface area contributed by atoms with Crippen molar-refractivity contribution in [1.29, 1.82) is 0 Å². The third kappa shape index (κ3) is 2.78. The SMILES string of the molecule is Cc1ccc2oc(C(=O)N[C@@]3(C)CCS(=O)(=O)C3)cc2n1. The van der Waals surface area contributed by atoms with Gasteiger partial charge in [0.15, 0.2) is 21.2 Å². The van der Waals surface area contributed by atoms with Crippen molar-refractivity contribution in [2.45, 2.75) is 25.8 Å². The molecule has 1 fully saturated rings. The molecule has 0 bridgehead atoms. The Kier molecular flexibility index (Phi) is 3.05. The molecule has 0 unspecified atom stereocenters. The van der Waals surface area contributed by atoms with Gasteiger partial charge in [-0.15, -0.1) is 0 Å². The highest BCUT2D eigenvalue weighted by atomic mass is 32.2. The Morgan fingerprint density at radius 3 is 2.86 bits per heavy atom. The van der Waals surface area contributed by atoms with E-state index in [-0.39, 0.29) is 17.3 Å². The fraction of sp³-hybridized carbons (Fsp3) is 0.429. The minimum absolute atomic E-state index is 0.0384. The molecule has 1 N–H and O–H groups in total. The first-order valence-corrected chi connectivity index (χ1v) is 8.49. The number of carbonyl (C=O) groups is 1. The number of sulfone groups is 1. The number of rotatable bonds is 2. The van der Waals surface area contributed by atoms with E-state index >= 15 is 0 Å². The van der Waals surface area contributed by atoms with Crippen LogP contribution in [-0.4, -0.2) is 36.4 Å². The Morgan fingerprint density at radius 1 is 1.43 bits per heavy atom. The van der Waals surface area contributed by atoms with Crippen molar-refractivity contribution < 1.29 is 17.6 Å². The predicted molar refractivity (Wildman–Crippen MR) is 77.9 cm³/mol. The molecule has 1 atom stereocenters. The summed E-state index contributed by atoms with van der Waals surface area (Å²) >= 11 is 0. The first-order chi connectivity index (χ1) is 9.76. The minimum Gasteiger partial charge on any atom is -0.449 e. The molecule has 21 heavy (non-hydrogen) atoms. The number of amides is 1. The molecule has 1 aliphatic heterocycles. The van der Waals surface area contributed by atoms with Crippen molar-refractivity contribution >= 4 is 26.8 Å². The van der Waals surface area contributed by atoms with Gasteiger partial charge in [-0.3, -0.25) is 4.79 Å². The van der Waals surface area contributed by atoms with Gasteiger partial charge in [0.05, 0.1) is 17.0 Å². The van der Waals surface area contributed by atoms with Crippen molar-refractivity contribution in [1.82, 2.24) is 10.3 Å². The number of carbonyl (C=O) groups excluding carboxylic acids is 1. The number of hydrogen-bond acceptors (Lipinski definition) is 5. The molecule has 2 aromatic rings. The van der Waals surface area contributed by atoms with Crippen LogP contribution >= 0.6 is 0 Å². The Morgan fingerprint density at radius 2 is 2.19 bits per heavy atom. The Balaban J connectivity index is 1.84. The molecule has 0 aliphatic carbocycles. The van der Waals surface area contributed by atoms with E-state index in [0.717, 1.165) is 5.69 Å². The highest BCUT2D eigenvalue weighted by molar-refractivity contribution is 7.91. The third-order valence-corrected chi connectivity index (χ3v) is 5.56. The number of hydrogen-bond donors (Lipinski definition) is 1. The molecule has 1 aliphatic rings. The van der Waals surface area contributed by atoms with E-state index in [1.54, 1.807) is 25.1 Å². The zero-order valence-electron chi connectivity index (χ0n) is 11.8. The maximum absolute atomic E-state index is 12.2. The molecule has 112 valence electrons. The van der Waals surface area contributed by atoms with Crippen LogP contribution in [0.1, 0.15) is 29.6 Å². The van der Waals surface area contributed by atoms with Crippen molar-refractivity contribution in [2.24, 2.45) is 0 Å². The second-order valence-corrected chi connectivity index (χ2v) is 7.99. The van der Waals surface area contributed by atoms with Crippen molar-refractivity contribution in [3.63, 3.8) is 0 Å². The van der Waals surface area contributed by atoms with E-state index in [2.05, 4.69) is 10.3 Å². The third-order valence-electron chi connectivity index (χ3n) is 3.66. The minimum atomic E-state index is -3.07. The highest BCUT2D eigenvalue weighted by Gasteiger charge is 2.40. The van der Waals surface area contributed by atoms with Gasteiger partial charge in [0.2, 0.25) is 0 Å². The van der Waals surface area contributed by atoms with Crippen molar-refractivity contribution in [2.75, 3.05) is 11.5 Å². The topological polar surface area (TPSA) is 89.3 Å². The molecule has 0 aromatic carbocycles. The van der Waals surface area contributed by atoms with Crippen molar-refractivity contribution in [3.05, 3.63) is 29.7 Å². The summed E-state index contributed by atoms with van der Waals surface area (Å²) in [4.78, 5) is 16.5. The molecule has 0 radical (unpaired) electrons. The summed E-state index contributed by atoms with van der Waals surface area (Å²) in [7, 11) is -3.07. The van der Waals surface area contributed by atoms with E-state index in [4.69, 9.17) is 4.42 Å². The second-order valence-electron chi connectivity index (χ2n) is 5.80. The number of nitrogens with one attached hydrogen (secondary N) is 1. The van der Waals surface area contributed by atoms with E-state index in [1.807, 2.05) is 6.92 Å². The number of fused-ring (bicyclic) bond motifs is 1. The van der Waals surface area contributed by atoms with Crippen LogP contribution < -0.4 is 5.32 Å². The molecule has 3 heterocycles. The van der Waals surface area contributed by atoms with Gasteiger partial charge < -0.3 is 9.73 Å². The molecule has 7 heteroatoms. The summed E-state index contributed by atoms with van der Waals surface area (Å²) in [6.07, 6.45) is 0.415. The largest absolute Gasteiger partial charge is 0.449 e. The molecule has 0 spiro atoms. The first kappa shape index (κ1) is 14.1. The number of pyridine rings is 1. The average molecular weight is 308 g/mol. The van der Waals surface area contributed by atoms with E-state index in [9.17, 15) is 13.2 Å². The van der Waals surface area contributed by atoms with Crippen LogP contribution in [0.15, 0.2) is 22.6 Å². The standard InChI is InChI=1S/C14H16N2O4S/c1-9-3-4-11-10(15-9)7-12(20-11)13(17)16-14(2)5-6-21(18,19)8-14/h3-4,7H,5-6,8H2,1-2H3,(H,16,17)/t14-/m0/s1. The highest BCUT2D eigenvalue weighted by Crippen LogP contribution is 2.24. The van der Waals surface area contributed by atoms with Gasteiger partial charge >= 0.3 is 0 Å². The lowest BCUT2D eigenvalue weighted by Crippen LogP contribution is -2.46. The maximum atomic E-state index is 12.2. The lowest BCUT2D eigenvalue weighted by atomic mass is 10.0. The molecule has 2 aromatic heterocycles. The number of aryl methyl sites for hydroxylation is 1. The lowest BCUT2D eigenvalue weighted by Gasteiger charge is -2.22. The van der Waals surface area contributed by atoms with E-state index in [0.29, 0.717) is 17.5 Å². The number of furan rings is 1. The molecular weight excluding hydrogens is 292 g/mol.